The average Bonchev–Trinajstić information content (AvgIpc) is 2.86. The molecular formula is C27H29N5O. The molecule has 0 unspecified atom stereocenters. The summed E-state index contributed by atoms with van der Waals surface area (Å²) in [6, 6.07) is 24.2. The van der Waals surface area contributed by atoms with Gasteiger partial charge in [-0.2, -0.15) is 5.26 Å². The molecule has 0 aliphatic heterocycles. The average molecular weight is 440 g/mol. The van der Waals surface area contributed by atoms with Crippen LogP contribution in [0.3, 0.4) is 0 Å². The lowest BCUT2D eigenvalue weighted by Crippen LogP contribution is -2.48. The smallest absolute Gasteiger partial charge is 0.322 e. The summed E-state index contributed by atoms with van der Waals surface area (Å²) in [5, 5.41) is 15.5. The highest BCUT2D eigenvalue weighted by Crippen LogP contribution is 2.29. The second kappa shape index (κ2) is 10.6. The van der Waals surface area contributed by atoms with Crippen molar-refractivity contribution < 1.29 is 4.79 Å². The van der Waals surface area contributed by atoms with Crippen molar-refractivity contribution in [3.8, 4) is 6.07 Å². The summed E-state index contributed by atoms with van der Waals surface area (Å²) in [5.41, 5.74) is 3.74. The molecular weight excluding hydrogens is 410 g/mol. The Morgan fingerprint density at radius 1 is 1.03 bits per heavy atom. The monoisotopic (exact) mass is 439 g/mol. The SMILES string of the molecule is Cc1ccc(N(C(=O)NCc2ccccc2)[C@H]2CC[C@H](Nc3ccc(C#N)cn3)CC2)cc1. The molecule has 2 aromatic carbocycles. The van der Waals surface area contributed by atoms with E-state index in [0.717, 1.165) is 42.8 Å². The number of rotatable bonds is 6. The number of urea groups is 1. The number of hydrogen-bond acceptors (Lipinski definition) is 4. The number of carbonyl (C=O) groups excluding carboxylic acids is 1. The molecule has 1 aliphatic carbocycles. The molecule has 1 heterocycles. The van der Waals surface area contributed by atoms with Crippen LogP contribution in [0.1, 0.15) is 42.4 Å². The number of hydrogen-bond donors (Lipinski definition) is 2. The molecule has 0 spiro atoms. The van der Waals surface area contributed by atoms with Crippen LogP contribution in [-0.4, -0.2) is 23.1 Å². The molecule has 2 amide bonds. The van der Waals surface area contributed by atoms with E-state index in [-0.39, 0.29) is 12.1 Å². The highest BCUT2D eigenvalue weighted by molar-refractivity contribution is 5.92. The number of pyridine rings is 1. The van der Waals surface area contributed by atoms with Crippen molar-refractivity contribution in [3.63, 3.8) is 0 Å². The molecule has 4 rings (SSSR count). The third-order valence-electron chi connectivity index (χ3n) is 6.12. The number of aromatic nitrogens is 1. The van der Waals surface area contributed by atoms with Crippen molar-refractivity contribution >= 4 is 17.5 Å². The van der Waals surface area contributed by atoms with Crippen LogP contribution in [0.5, 0.6) is 0 Å². The van der Waals surface area contributed by atoms with Gasteiger partial charge in [-0.3, -0.25) is 4.90 Å². The Kier molecular flexibility index (Phi) is 7.21. The van der Waals surface area contributed by atoms with Gasteiger partial charge in [-0.15, -0.1) is 0 Å². The van der Waals surface area contributed by atoms with E-state index in [1.54, 1.807) is 12.3 Å². The van der Waals surface area contributed by atoms with Crippen LogP contribution in [0.25, 0.3) is 0 Å². The van der Waals surface area contributed by atoms with Crippen LogP contribution in [0.2, 0.25) is 0 Å². The minimum absolute atomic E-state index is 0.0622. The molecule has 2 N–H and O–H groups in total. The minimum atomic E-state index is -0.0622. The normalized spacial score (nSPS) is 17.6. The maximum atomic E-state index is 13.3. The van der Waals surface area contributed by atoms with Crippen LogP contribution in [0.15, 0.2) is 72.9 Å². The molecule has 0 saturated heterocycles. The lowest BCUT2D eigenvalue weighted by atomic mass is 9.90. The van der Waals surface area contributed by atoms with E-state index in [4.69, 9.17) is 5.26 Å². The van der Waals surface area contributed by atoms with E-state index in [1.165, 1.54) is 5.56 Å². The minimum Gasteiger partial charge on any atom is -0.367 e. The van der Waals surface area contributed by atoms with Crippen molar-refractivity contribution in [1.82, 2.24) is 10.3 Å². The molecule has 1 aliphatic rings. The summed E-state index contributed by atoms with van der Waals surface area (Å²) in [4.78, 5) is 19.6. The van der Waals surface area contributed by atoms with E-state index >= 15 is 0 Å². The Balaban J connectivity index is 1.41. The highest BCUT2D eigenvalue weighted by atomic mass is 16.2. The van der Waals surface area contributed by atoms with Crippen LogP contribution in [0, 0.1) is 18.3 Å². The van der Waals surface area contributed by atoms with E-state index < -0.39 is 0 Å². The second-order valence-electron chi connectivity index (χ2n) is 8.54. The first-order valence-corrected chi connectivity index (χ1v) is 11.4. The van der Waals surface area contributed by atoms with E-state index in [0.29, 0.717) is 18.2 Å². The first-order chi connectivity index (χ1) is 16.1. The summed E-state index contributed by atoms with van der Waals surface area (Å²) in [6.07, 6.45) is 5.28. The predicted molar refractivity (Wildman–Crippen MR) is 131 cm³/mol. The summed E-state index contributed by atoms with van der Waals surface area (Å²) in [6.45, 7) is 2.56. The van der Waals surface area contributed by atoms with Crippen LogP contribution >= 0.6 is 0 Å². The highest BCUT2D eigenvalue weighted by Gasteiger charge is 2.30. The van der Waals surface area contributed by atoms with Crippen molar-refractivity contribution in [3.05, 3.63) is 89.6 Å². The van der Waals surface area contributed by atoms with Gasteiger partial charge in [0.1, 0.15) is 11.9 Å². The summed E-state index contributed by atoms with van der Waals surface area (Å²) in [7, 11) is 0. The standard InChI is InChI=1S/C27H29N5O/c1-20-7-12-24(13-8-20)32(27(33)30-18-21-5-3-2-4-6-21)25-14-10-23(11-15-25)31-26-16-9-22(17-28)19-29-26/h2-9,12-13,16,19,23,25H,10-11,14-15,18H2,1H3,(H,29,31)(H,30,33)/t23-,25-. The van der Waals surface area contributed by atoms with Gasteiger partial charge in [0.15, 0.2) is 0 Å². The lowest BCUT2D eigenvalue weighted by Gasteiger charge is -2.37. The molecule has 6 heteroatoms. The summed E-state index contributed by atoms with van der Waals surface area (Å²) < 4.78 is 0. The maximum absolute atomic E-state index is 13.3. The lowest BCUT2D eigenvalue weighted by molar-refractivity contribution is 0.240. The Morgan fingerprint density at radius 3 is 2.39 bits per heavy atom. The maximum Gasteiger partial charge on any atom is 0.322 e. The molecule has 6 nitrogen and oxygen atoms in total. The molecule has 33 heavy (non-hydrogen) atoms. The van der Waals surface area contributed by atoms with E-state index in [1.807, 2.05) is 53.4 Å². The fourth-order valence-corrected chi connectivity index (χ4v) is 4.29. The summed E-state index contributed by atoms with van der Waals surface area (Å²) in [5.74, 6) is 0.786. The Hall–Kier alpha value is -3.85. The largest absolute Gasteiger partial charge is 0.367 e. The fourth-order valence-electron chi connectivity index (χ4n) is 4.29. The van der Waals surface area contributed by atoms with Crippen LogP contribution < -0.4 is 15.5 Å². The Morgan fingerprint density at radius 2 is 1.76 bits per heavy atom. The number of nitrogens with one attached hydrogen (secondary N) is 2. The third-order valence-corrected chi connectivity index (χ3v) is 6.12. The number of carbonyl (C=O) groups is 1. The van der Waals surface area contributed by atoms with Crippen molar-refractivity contribution in [2.45, 2.75) is 51.2 Å². The van der Waals surface area contributed by atoms with Gasteiger partial charge in [-0.1, -0.05) is 48.0 Å². The molecule has 3 aromatic rings. The second-order valence-corrected chi connectivity index (χ2v) is 8.54. The number of aryl methyl sites for hydroxylation is 1. The third kappa shape index (κ3) is 5.89. The van der Waals surface area contributed by atoms with E-state index in [9.17, 15) is 4.79 Å². The molecule has 1 fully saturated rings. The van der Waals surface area contributed by atoms with Gasteiger partial charge in [0.05, 0.1) is 5.56 Å². The zero-order chi connectivity index (χ0) is 23.0. The number of anilines is 2. The van der Waals surface area contributed by atoms with Gasteiger partial charge in [0.2, 0.25) is 0 Å². The fraction of sp³-hybridized carbons (Fsp3) is 0.296. The van der Waals surface area contributed by atoms with Crippen molar-refractivity contribution in [2.75, 3.05) is 10.2 Å². The van der Waals surface area contributed by atoms with Gasteiger partial charge in [-0.25, -0.2) is 9.78 Å². The van der Waals surface area contributed by atoms with E-state index in [2.05, 4.69) is 40.7 Å². The van der Waals surface area contributed by atoms with Gasteiger partial charge < -0.3 is 10.6 Å². The molecule has 1 aromatic heterocycles. The van der Waals surface area contributed by atoms with Crippen LogP contribution in [-0.2, 0) is 6.54 Å². The number of nitriles is 1. The quantitative estimate of drug-likeness (QED) is 0.539. The molecule has 0 atom stereocenters. The van der Waals surface area contributed by atoms with Gasteiger partial charge in [0, 0.05) is 30.5 Å². The van der Waals surface area contributed by atoms with Gasteiger partial charge in [0.25, 0.3) is 0 Å². The topological polar surface area (TPSA) is 81.0 Å². The molecule has 0 radical (unpaired) electrons. The number of benzene rings is 2. The molecule has 168 valence electrons. The first kappa shape index (κ1) is 22.3. The predicted octanol–water partition coefficient (Wildman–Crippen LogP) is 5.40. The summed E-state index contributed by atoms with van der Waals surface area (Å²) >= 11 is 0. The van der Waals surface area contributed by atoms with Gasteiger partial charge in [-0.05, 0) is 62.4 Å². The zero-order valence-electron chi connectivity index (χ0n) is 18.9. The number of nitrogens with zero attached hydrogens (tertiary/aromatic N) is 3. The van der Waals surface area contributed by atoms with Crippen molar-refractivity contribution in [2.24, 2.45) is 0 Å². The molecule has 0 bridgehead atoms. The first-order valence-electron chi connectivity index (χ1n) is 11.4. The van der Waals surface area contributed by atoms with Crippen molar-refractivity contribution in [1.29, 1.82) is 5.26 Å². The Labute approximate surface area is 195 Å². The molecule has 1 saturated carbocycles. The Bertz CT molecular complexity index is 1080. The zero-order valence-corrected chi connectivity index (χ0v) is 18.9. The van der Waals surface area contributed by atoms with Gasteiger partial charge >= 0.3 is 6.03 Å². The number of amides is 2. The van der Waals surface area contributed by atoms with Crippen LogP contribution in [0.4, 0.5) is 16.3 Å².